The van der Waals surface area contributed by atoms with Gasteiger partial charge in [-0.3, -0.25) is 0 Å². The summed E-state index contributed by atoms with van der Waals surface area (Å²) in [6, 6.07) is 6.50. The van der Waals surface area contributed by atoms with Crippen molar-refractivity contribution >= 4 is 0 Å². The quantitative estimate of drug-likeness (QED) is 0.678. The Morgan fingerprint density at radius 3 is 2.40 bits per heavy atom. The molecule has 0 aromatic heterocycles. The molecule has 0 unspecified atom stereocenters. The normalized spacial score (nSPS) is 14.3. The molecule has 0 atom stereocenters. The van der Waals surface area contributed by atoms with Gasteiger partial charge in [-0.15, -0.1) is 0 Å². The molecule has 0 N–H and O–H groups in total. The molecule has 112 valence electrons. The summed E-state index contributed by atoms with van der Waals surface area (Å²) in [4.78, 5) is 0. The minimum Gasteiger partial charge on any atom is -0.493 e. The van der Waals surface area contributed by atoms with Crippen LogP contribution in [-0.4, -0.2) is 26.1 Å². The molecular weight excluding hydrogens is 252 g/mol. The van der Waals surface area contributed by atoms with Crippen LogP contribution >= 0.6 is 0 Å². The summed E-state index contributed by atoms with van der Waals surface area (Å²) in [5, 5.41) is 0. The van der Waals surface area contributed by atoms with Gasteiger partial charge in [-0.1, -0.05) is 6.07 Å². The fourth-order valence-corrected chi connectivity index (χ4v) is 2.66. The first kappa shape index (κ1) is 15.3. The second-order valence-electron chi connectivity index (χ2n) is 5.12. The molecule has 0 radical (unpaired) electrons. The van der Waals surface area contributed by atoms with E-state index in [0.29, 0.717) is 19.8 Å². The van der Waals surface area contributed by atoms with Gasteiger partial charge in [0, 0.05) is 19.6 Å². The Kier molecular flexibility index (Phi) is 6.34. The zero-order valence-electron chi connectivity index (χ0n) is 12.7. The van der Waals surface area contributed by atoms with Crippen LogP contribution in [-0.2, 0) is 22.3 Å². The fraction of sp³-hybridized carbons (Fsp3) is 0.647. The van der Waals surface area contributed by atoms with Gasteiger partial charge in [0.15, 0.2) is 6.29 Å². The average Bonchev–Trinajstić information content (AvgIpc) is 2.47. The van der Waals surface area contributed by atoms with Gasteiger partial charge >= 0.3 is 0 Å². The van der Waals surface area contributed by atoms with Crippen molar-refractivity contribution < 1.29 is 14.2 Å². The Morgan fingerprint density at radius 1 is 1.00 bits per heavy atom. The van der Waals surface area contributed by atoms with Crippen LogP contribution in [0.4, 0.5) is 0 Å². The number of rotatable bonds is 8. The molecule has 0 fully saturated rings. The van der Waals surface area contributed by atoms with Crippen molar-refractivity contribution in [1.29, 1.82) is 0 Å². The van der Waals surface area contributed by atoms with Gasteiger partial charge in [0.25, 0.3) is 0 Å². The van der Waals surface area contributed by atoms with Gasteiger partial charge in [-0.2, -0.15) is 0 Å². The van der Waals surface area contributed by atoms with Crippen LogP contribution in [0.1, 0.15) is 44.2 Å². The minimum absolute atomic E-state index is 0.150. The molecular formula is C17H26O3. The highest BCUT2D eigenvalue weighted by Crippen LogP contribution is 2.25. The van der Waals surface area contributed by atoms with Crippen molar-refractivity contribution in [1.82, 2.24) is 0 Å². The molecule has 3 heteroatoms. The summed E-state index contributed by atoms with van der Waals surface area (Å²) in [5.74, 6) is 0.970. The van der Waals surface area contributed by atoms with Gasteiger partial charge in [0.05, 0.1) is 6.61 Å². The maximum Gasteiger partial charge on any atom is 0.160 e. The van der Waals surface area contributed by atoms with Crippen LogP contribution in [0.3, 0.4) is 0 Å². The van der Waals surface area contributed by atoms with Crippen molar-refractivity contribution in [2.24, 2.45) is 0 Å². The van der Waals surface area contributed by atoms with E-state index in [0.717, 1.165) is 12.2 Å². The molecule has 3 nitrogen and oxygen atoms in total. The molecule has 20 heavy (non-hydrogen) atoms. The Labute approximate surface area is 122 Å². The lowest BCUT2D eigenvalue weighted by Crippen LogP contribution is -2.20. The maximum atomic E-state index is 5.84. The summed E-state index contributed by atoms with van der Waals surface area (Å²) in [6.07, 6.45) is 5.63. The SMILES string of the molecule is CCOC(CCOc1ccc2c(c1)CCCC2)OCC. The van der Waals surface area contributed by atoms with E-state index in [4.69, 9.17) is 14.2 Å². The van der Waals surface area contributed by atoms with Crippen LogP contribution in [0.25, 0.3) is 0 Å². The van der Waals surface area contributed by atoms with Crippen LogP contribution in [0.2, 0.25) is 0 Å². The maximum absolute atomic E-state index is 5.84. The Bertz CT molecular complexity index is 397. The van der Waals surface area contributed by atoms with Gasteiger partial charge in [-0.05, 0) is 62.8 Å². The summed E-state index contributed by atoms with van der Waals surface area (Å²) in [7, 11) is 0. The van der Waals surface area contributed by atoms with Crippen molar-refractivity contribution in [2.75, 3.05) is 19.8 Å². The number of ether oxygens (including phenoxy) is 3. The fourth-order valence-electron chi connectivity index (χ4n) is 2.66. The lowest BCUT2D eigenvalue weighted by atomic mass is 9.92. The third-order valence-electron chi connectivity index (χ3n) is 3.65. The molecule has 1 aromatic carbocycles. The zero-order chi connectivity index (χ0) is 14.2. The molecule has 1 aliphatic carbocycles. The van der Waals surface area contributed by atoms with Crippen molar-refractivity contribution in [2.45, 2.75) is 52.2 Å². The third kappa shape index (κ3) is 4.50. The predicted octanol–water partition coefficient (Wildman–Crippen LogP) is 3.73. The highest BCUT2D eigenvalue weighted by atomic mass is 16.7. The highest BCUT2D eigenvalue weighted by molar-refractivity contribution is 5.37. The standard InChI is InChI=1S/C17H26O3/c1-3-18-17(19-4-2)11-12-20-16-10-9-14-7-5-6-8-15(14)13-16/h9-10,13,17H,3-8,11-12H2,1-2H3. The van der Waals surface area contributed by atoms with Crippen LogP contribution < -0.4 is 4.74 Å². The minimum atomic E-state index is -0.150. The molecule has 0 bridgehead atoms. The van der Waals surface area contributed by atoms with Crippen molar-refractivity contribution in [3.63, 3.8) is 0 Å². The lowest BCUT2D eigenvalue weighted by molar-refractivity contribution is -0.142. The summed E-state index contributed by atoms with van der Waals surface area (Å²) in [5.41, 5.74) is 2.95. The van der Waals surface area contributed by atoms with E-state index in [1.807, 2.05) is 13.8 Å². The molecule has 1 aromatic rings. The molecule has 0 amide bonds. The second-order valence-corrected chi connectivity index (χ2v) is 5.12. The van der Waals surface area contributed by atoms with E-state index in [1.165, 1.54) is 36.8 Å². The Morgan fingerprint density at radius 2 is 1.70 bits per heavy atom. The second kappa shape index (κ2) is 8.28. The number of aryl methyl sites for hydroxylation is 2. The van der Waals surface area contributed by atoms with E-state index in [9.17, 15) is 0 Å². The third-order valence-corrected chi connectivity index (χ3v) is 3.65. The topological polar surface area (TPSA) is 27.7 Å². The summed E-state index contributed by atoms with van der Waals surface area (Å²) in [6.45, 7) is 5.93. The van der Waals surface area contributed by atoms with E-state index in [1.54, 1.807) is 0 Å². The van der Waals surface area contributed by atoms with Gasteiger partial charge in [0.1, 0.15) is 5.75 Å². The van der Waals surface area contributed by atoms with Crippen LogP contribution in [0.15, 0.2) is 18.2 Å². The molecule has 0 saturated heterocycles. The van der Waals surface area contributed by atoms with Gasteiger partial charge in [-0.25, -0.2) is 0 Å². The van der Waals surface area contributed by atoms with E-state index >= 15 is 0 Å². The average molecular weight is 278 g/mol. The monoisotopic (exact) mass is 278 g/mol. The van der Waals surface area contributed by atoms with Crippen molar-refractivity contribution in [3.8, 4) is 5.75 Å². The highest BCUT2D eigenvalue weighted by Gasteiger charge is 2.11. The van der Waals surface area contributed by atoms with Crippen molar-refractivity contribution in [3.05, 3.63) is 29.3 Å². The molecule has 0 saturated carbocycles. The van der Waals surface area contributed by atoms with E-state index in [-0.39, 0.29) is 6.29 Å². The van der Waals surface area contributed by atoms with Gasteiger partial charge in [0.2, 0.25) is 0 Å². The van der Waals surface area contributed by atoms with E-state index in [2.05, 4.69) is 18.2 Å². The zero-order valence-corrected chi connectivity index (χ0v) is 12.7. The molecule has 0 heterocycles. The smallest absolute Gasteiger partial charge is 0.160 e. The van der Waals surface area contributed by atoms with Crippen LogP contribution in [0, 0.1) is 0 Å². The largest absolute Gasteiger partial charge is 0.493 e. The first-order valence-corrected chi connectivity index (χ1v) is 7.81. The number of benzene rings is 1. The first-order valence-electron chi connectivity index (χ1n) is 7.81. The number of hydrogen-bond acceptors (Lipinski definition) is 3. The molecule has 1 aliphatic rings. The summed E-state index contributed by atoms with van der Waals surface area (Å²) >= 11 is 0. The Hall–Kier alpha value is -1.06. The van der Waals surface area contributed by atoms with Gasteiger partial charge < -0.3 is 14.2 Å². The lowest BCUT2D eigenvalue weighted by Gasteiger charge is -2.19. The van der Waals surface area contributed by atoms with Crippen LogP contribution in [0.5, 0.6) is 5.75 Å². The van der Waals surface area contributed by atoms with E-state index < -0.39 is 0 Å². The Balaban J connectivity index is 1.81. The molecule has 0 spiro atoms. The first-order chi connectivity index (χ1) is 9.83. The molecule has 0 aliphatic heterocycles. The number of fused-ring (bicyclic) bond motifs is 1. The molecule has 2 rings (SSSR count). The summed E-state index contributed by atoms with van der Waals surface area (Å²) < 4.78 is 16.9. The number of hydrogen-bond donors (Lipinski definition) is 0. The predicted molar refractivity (Wildman–Crippen MR) is 80.2 cm³/mol.